The van der Waals surface area contributed by atoms with Crippen LogP contribution >= 0.6 is 11.6 Å². The van der Waals surface area contributed by atoms with Gasteiger partial charge < -0.3 is 9.84 Å². The molecule has 2 aromatic heterocycles. The first-order chi connectivity index (χ1) is 15.9. The second kappa shape index (κ2) is 10.1. The molecule has 1 N–H and O–H groups in total. The number of halogens is 1. The van der Waals surface area contributed by atoms with Crippen molar-refractivity contribution >= 4 is 17.5 Å². The molecule has 1 aliphatic carbocycles. The normalized spacial score (nSPS) is 14.7. The molecule has 11 heteroatoms. The van der Waals surface area contributed by atoms with Gasteiger partial charge in [-0.1, -0.05) is 42.4 Å². The van der Waals surface area contributed by atoms with E-state index in [1.54, 1.807) is 24.3 Å². The van der Waals surface area contributed by atoms with Gasteiger partial charge in [0.1, 0.15) is 0 Å². The molecule has 1 amide bonds. The molecule has 33 heavy (non-hydrogen) atoms. The standard InChI is InChI=1S/C22H25ClN6O4/c1-28-21(31)19(26-29(22(28)32)16-10-8-14(23)9-11-16)20-25-18(33-27-20)13-12-17(30)24-15-6-4-2-3-5-7-15/h8-11,15H,2-7,12-13H2,1H3,(H,24,30). The van der Waals surface area contributed by atoms with E-state index in [0.717, 1.165) is 34.9 Å². The first-order valence-electron chi connectivity index (χ1n) is 11.0. The number of nitrogens with zero attached hydrogens (tertiary/aromatic N) is 5. The number of hydrogen-bond donors (Lipinski definition) is 1. The highest BCUT2D eigenvalue weighted by Crippen LogP contribution is 2.18. The summed E-state index contributed by atoms with van der Waals surface area (Å²) in [6.07, 6.45) is 7.17. The molecular weight excluding hydrogens is 448 g/mol. The smallest absolute Gasteiger partial charge is 0.351 e. The van der Waals surface area contributed by atoms with Gasteiger partial charge in [-0.25, -0.2) is 4.79 Å². The van der Waals surface area contributed by atoms with Crippen molar-refractivity contribution in [2.24, 2.45) is 7.05 Å². The number of aromatic nitrogens is 5. The lowest BCUT2D eigenvalue weighted by molar-refractivity contribution is -0.121. The SMILES string of the molecule is Cn1c(=O)c(-c2noc(CCC(=O)NC3CCCCCC3)n2)nn(-c2ccc(Cl)cc2)c1=O. The maximum Gasteiger partial charge on any atom is 0.351 e. The summed E-state index contributed by atoms with van der Waals surface area (Å²) in [5, 5.41) is 11.6. The Labute approximate surface area is 194 Å². The zero-order valence-electron chi connectivity index (χ0n) is 18.3. The molecule has 0 aliphatic heterocycles. The average Bonchev–Trinajstić information content (AvgIpc) is 3.13. The summed E-state index contributed by atoms with van der Waals surface area (Å²) in [6, 6.07) is 6.67. The minimum atomic E-state index is -0.649. The maximum absolute atomic E-state index is 12.6. The Bertz CT molecular complexity index is 1240. The average molecular weight is 473 g/mol. The molecule has 0 radical (unpaired) electrons. The highest BCUT2D eigenvalue weighted by Gasteiger charge is 2.20. The van der Waals surface area contributed by atoms with Gasteiger partial charge in [0.05, 0.1) is 5.69 Å². The third-order valence-corrected chi connectivity index (χ3v) is 5.96. The largest absolute Gasteiger partial charge is 0.353 e. The van der Waals surface area contributed by atoms with Crippen LogP contribution in [0.15, 0.2) is 38.4 Å². The first kappa shape index (κ1) is 22.9. The molecule has 1 aromatic carbocycles. The molecule has 0 atom stereocenters. The molecule has 2 heterocycles. The summed E-state index contributed by atoms with van der Waals surface area (Å²) in [6.45, 7) is 0. The molecule has 174 valence electrons. The van der Waals surface area contributed by atoms with Gasteiger partial charge in [0, 0.05) is 31.0 Å². The fraction of sp³-hybridized carbons (Fsp3) is 0.455. The van der Waals surface area contributed by atoms with Crippen LogP contribution in [0.3, 0.4) is 0 Å². The van der Waals surface area contributed by atoms with Crippen molar-refractivity contribution in [3.05, 3.63) is 56.0 Å². The summed E-state index contributed by atoms with van der Waals surface area (Å²) in [7, 11) is 1.35. The molecule has 1 saturated carbocycles. The monoisotopic (exact) mass is 472 g/mol. The third kappa shape index (κ3) is 5.39. The van der Waals surface area contributed by atoms with E-state index in [-0.39, 0.29) is 42.2 Å². The van der Waals surface area contributed by atoms with Gasteiger partial charge in [-0.05, 0) is 37.1 Å². The molecule has 1 fully saturated rings. The van der Waals surface area contributed by atoms with Crippen LogP contribution in [-0.4, -0.2) is 36.4 Å². The third-order valence-electron chi connectivity index (χ3n) is 5.71. The molecular formula is C22H25ClN6O4. The van der Waals surface area contributed by atoms with E-state index in [1.165, 1.54) is 19.9 Å². The number of hydrogen-bond acceptors (Lipinski definition) is 7. The Kier molecular flexibility index (Phi) is 7.02. The van der Waals surface area contributed by atoms with Crippen LogP contribution in [0.25, 0.3) is 17.2 Å². The second-order valence-electron chi connectivity index (χ2n) is 8.15. The molecule has 10 nitrogen and oxygen atoms in total. The summed E-state index contributed by atoms with van der Waals surface area (Å²) < 4.78 is 7.23. The highest BCUT2D eigenvalue weighted by molar-refractivity contribution is 6.30. The van der Waals surface area contributed by atoms with Crippen molar-refractivity contribution in [1.29, 1.82) is 0 Å². The zero-order valence-corrected chi connectivity index (χ0v) is 19.0. The van der Waals surface area contributed by atoms with Crippen molar-refractivity contribution in [2.45, 2.75) is 57.4 Å². The second-order valence-corrected chi connectivity index (χ2v) is 8.59. The Hall–Kier alpha value is -3.27. The van der Waals surface area contributed by atoms with E-state index in [9.17, 15) is 14.4 Å². The van der Waals surface area contributed by atoms with Gasteiger partial charge in [-0.15, -0.1) is 0 Å². The van der Waals surface area contributed by atoms with E-state index in [0.29, 0.717) is 10.7 Å². The van der Waals surface area contributed by atoms with Crippen molar-refractivity contribution < 1.29 is 9.32 Å². The van der Waals surface area contributed by atoms with E-state index in [1.807, 2.05) is 0 Å². The number of aryl methyl sites for hydroxylation is 1. The van der Waals surface area contributed by atoms with Crippen LogP contribution in [-0.2, 0) is 18.3 Å². The molecule has 0 saturated heterocycles. The van der Waals surface area contributed by atoms with Gasteiger partial charge in [0.25, 0.3) is 5.56 Å². The van der Waals surface area contributed by atoms with Gasteiger partial charge >= 0.3 is 5.69 Å². The van der Waals surface area contributed by atoms with Gasteiger partial charge in [0.2, 0.25) is 17.6 Å². The maximum atomic E-state index is 12.6. The topological polar surface area (TPSA) is 125 Å². The van der Waals surface area contributed by atoms with Crippen molar-refractivity contribution in [1.82, 2.24) is 29.8 Å². The minimum absolute atomic E-state index is 0.0440. The van der Waals surface area contributed by atoms with E-state index < -0.39 is 11.2 Å². The highest BCUT2D eigenvalue weighted by atomic mass is 35.5. The van der Waals surface area contributed by atoms with Gasteiger partial charge in [-0.3, -0.25) is 14.2 Å². The van der Waals surface area contributed by atoms with Gasteiger partial charge in [0.15, 0.2) is 5.69 Å². The number of carbonyl (C=O) groups is 1. The van der Waals surface area contributed by atoms with Crippen molar-refractivity contribution in [3.63, 3.8) is 0 Å². The fourth-order valence-corrected chi connectivity index (χ4v) is 3.99. The Morgan fingerprint density at radius 2 is 1.85 bits per heavy atom. The Balaban J connectivity index is 1.49. The lowest BCUT2D eigenvalue weighted by Crippen LogP contribution is -2.40. The summed E-state index contributed by atoms with van der Waals surface area (Å²) in [5.41, 5.74) is -0.973. The predicted octanol–water partition coefficient (Wildman–Crippen LogP) is 2.41. The lowest BCUT2D eigenvalue weighted by Gasteiger charge is -2.15. The number of carbonyl (C=O) groups excluding carboxylic acids is 1. The van der Waals surface area contributed by atoms with Crippen molar-refractivity contribution in [2.75, 3.05) is 0 Å². The van der Waals surface area contributed by atoms with Crippen LogP contribution in [0.4, 0.5) is 0 Å². The minimum Gasteiger partial charge on any atom is -0.353 e. The van der Waals surface area contributed by atoms with Crippen molar-refractivity contribution in [3.8, 4) is 17.2 Å². The molecule has 3 aromatic rings. The number of rotatable bonds is 6. The fourth-order valence-electron chi connectivity index (χ4n) is 3.86. The van der Waals surface area contributed by atoms with Crippen LogP contribution in [0.1, 0.15) is 50.8 Å². The first-order valence-corrected chi connectivity index (χ1v) is 11.4. The van der Waals surface area contributed by atoms with E-state index >= 15 is 0 Å². The summed E-state index contributed by atoms with van der Waals surface area (Å²) in [4.78, 5) is 41.7. The predicted molar refractivity (Wildman–Crippen MR) is 121 cm³/mol. The van der Waals surface area contributed by atoms with E-state index in [4.69, 9.17) is 16.1 Å². The quantitative estimate of drug-likeness (QED) is 0.546. The van der Waals surface area contributed by atoms with E-state index in [2.05, 4.69) is 20.6 Å². The molecule has 0 unspecified atom stereocenters. The lowest BCUT2D eigenvalue weighted by atomic mass is 10.1. The van der Waals surface area contributed by atoms with Crippen LogP contribution in [0, 0.1) is 0 Å². The number of amides is 1. The van der Waals surface area contributed by atoms with Crippen LogP contribution in [0.2, 0.25) is 5.02 Å². The molecule has 0 spiro atoms. The molecule has 4 rings (SSSR count). The van der Waals surface area contributed by atoms with Crippen LogP contribution < -0.4 is 16.6 Å². The number of nitrogens with one attached hydrogen (secondary N) is 1. The Morgan fingerprint density at radius 1 is 1.15 bits per heavy atom. The van der Waals surface area contributed by atoms with Gasteiger partial charge in [-0.2, -0.15) is 14.8 Å². The Morgan fingerprint density at radius 3 is 2.55 bits per heavy atom. The molecule has 1 aliphatic rings. The van der Waals surface area contributed by atoms with Crippen LogP contribution in [0.5, 0.6) is 0 Å². The number of benzene rings is 1. The summed E-state index contributed by atoms with van der Waals surface area (Å²) >= 11 is 5.92. The molecule has 0 bridgehead atoms. The summed E-state index contributed by atoms with van der Waals surface area (Å²) in [5.74, 6) is 0.110. The zero-order chi connectivity index (χ0) is 23.4.